The summed E-state index contributed by atoms with van der Waals surface area (Å²) in [4.78, 5) is 0. The van der Waals surface area contributed by atoms with Crippen molar-refractivity contribution in [1.29, 1.82) is 0 Å². The van der Waals surface area contributed by atoms with E-state index in [1.807, 2.05) is 24.3 Å². The van der Waals surface area contributed by atoms with Crippen LogP contribution < -0.4 is 5.73 Å². The number of unbranched alkanes of at least 4 members (excludes halogenated alkanes) is 1. The van der Waals surface area contributed by atoms with E-state index in [0.29, 0.717) is 6.54 Å². The highest BCUT2D eigenvalue weighted by Gasteiger charge is 2.16. The standard InChI is InChI=1S/C19H22N2O2/c1-13-17-12-16(23)8-9-18(17)21(11-3-2-10-20)19(13)14-4-6-15(22)7-5-14/h4-9,12,22-23H,2-3,10-11,20H2,1H3. The van der Waals surface area contributed by atoms with Gasteiger partial charge in [0.2, 0.25) is 0 Å². The zero-order chi connectivity index (χ0) is 16.4. The first-order valence-corrected chi connectivity index (χ1v) is 7.93. The second-order valence-electron chi connectivity index (χ2n) is 5.87. The molecule has 23 heavy (non-hydrogen) atoms. The van der Waals surface area contributed by atoms with E-state index in [1.165, 1.54) is 0 Å². The fourth-order valence-corrected chi connectivity index (χ4v) is 3.15. The number of fused-ring (bicyclic) bond motifs is 1. The molecule has 4 heteroatoms. The molecule has 0 saturated carbocycles. The Hall–Kier alpha value is -2.46. The van der Waals surface area contributed by atoms with Gasteiger partial charge in [-0.2, -0.15) is 0 Å². The molecule has 3 rings (SSSR count). The summed E-state index contributed by atoms with van der Waals surface area (Å²) in [6.07, 6.45) is 1.98. The lowest BCUT2D eigenvalue weighted by Crippen LogP contribution is -2.04. The first kappa shape index (κ1) is 15.4. The van der Waals surface area contributed by atoms with Crippen molar-refractivity contribution in [2.75, 3.05) is 6.54 Å². The molecule has 0 atom stereocenters. The second-order valence-corrected chi connectivity index (χ2v) is 5.87. The number of rotatable bonds is 5. The summed E-state index contributed by atoms with van der Waals surface area (Å²) >= 11 is 0. The van der Waals surface area contributed by atoms with Gasteiger partial charge in [-0.25, -0.2) is 0 Å². The van der Waals surface area contributed by atoms with Crippen LogP contribution in [0.2, 0.25) is 0 Å². The Morgan fingerprint density at radius 1 is 0.957 bits per heavy atom. The van der Waals surface area contributed by atoms with Crippen LogP contribution in [0, 0.1) is 6.92 Å². The highest BCUT2D eigenvalue weighted by atomic mass is 16.3. The first-order chi connectivity index (χ1) is 11.1. The minimum Gasteiger partial charge on any atom is -0.508 e. The molecule has 4 N–H and O–H groups in total. The lowest BCUT2D eigenvalue weighted by atomic mass is 10.1. The van der Waals surface area contributed by atoms with Crippen molar-refractivity contribution < 1.29 is 10.2 Å². The van der Waals surface area contributed by atoms with Gasteiger partial charge >= 0.3 is 0 Å². The zero-order valence-corrected chi connectivity index (χ0v) is 13.3. The molecule has 4 nitrogen and oxygen atoms in total. The van der Waals surface area contributed by atoms with Crippen molar-refractivity contribution in [1.82, 2.24) is 4.57 Å². The number of benzene rings is 2. The van der Waals surface area contributed by atoms with Gasteiger partial charge in [0.05, 0.1) is 5.69 Å². The van der Waals surface area contributed by atoms with Gasteiger partial charge in [-0.3, -0.25) is 0 Å². The molecule has 2 aromatic carbocycles. The van der Waals surface area contributed by atoms with E-state index in [9.17, 15) is 10.2 Å². The Balaban J connectivity index is 2.19. The molecular weight excluding hydrogens is 288 g/mol. The number of nitrogens with two attached hydrogens (primary N) is 1. The summed E-state index contributed by atoms with van der Waals surface area (Å²) in [5.41, 5.74) is 10.1. The van der Waals surface area contributed by atoms with Gasteiger partial charge in [-0.05, 0) is 79.9 Å². The molecule has 0 bridgehead atoms. The van der Waals surface area contributed by atoms with Crippen LogP contribution in [-0.2, 0) is 6.54 Å². The number of aryl methyl sites for hydroxylation is 2. The Morgan fingerprint density at radius 2 is 1.65 bits per heavy atom. The second kappa shape index (κ2) is 6.34. The van der Waals surface area contributed by atoms with Crippen LogP contribution in [0.4, 0.5) is 0 Å². The molecule has 0 aliphatic carbocycles. The van der Waals surface area contributed by atoms with E-state index < -0.39 is 0 Å². The average Bonchev–Trinajstić information content (AvgIpc) is 2.81. The minimum atomic E-state index is 0.259. The van der Waals surface area contributed by atoms with Gasteiger partial charge in [0.1, 0.15) is 11.5 Å². The summed E-state index contributed by atoms with van der Waals surface area (Å²) in [6, 6.07) is 12.8. The molecule has 0 aliphatic rings. The van der Waals surface area contributed by atoms with Crippen molar-refractivity contribution in [3.63, 3.8) is 0 Å². The van der Waals surface area contributed by atoms with Crippen molar-refractivity contribution >= 4 is 10.9 Å². The van der Waals surface area contributed by atoms with E-state index in [2.05, 4.69) is 11.5 Å². The fourth-order valence-electron chi connectivity index (χ4n) is 3.15. The van der Waals surface area contributed by atoms with Crippen LogP contribution in [0.3, 0.4) is 0 Å². The molecule has 0 unspecified atom stereocenters. The number of hydrogen-bond acceptors (Lipinski definition) is 3. The number of phenols is 2. The smallest absolute Gasteiger partial charge is 0.116 e. The molecular formula is C19H22N2O2. The van der Waals surface area contributed by atoms with E-state index in [4.69, 9.17) is 5.73 Å². The topological polar surface area (TPSA) is 71.4 Å². The van der Waals surface area contributed by atoms with Crippen LogP contribution >= 0.6 is 0 Å². The van der Waals surface area contributed by atoms with E-state index in [1.54, 1.807) is 18.2 Å². The SMILES string of the molecule is Cc1c(-c2ccc(O)cc2)n(CCCCN)c2ccc(O)cc12. The van der Waals surface area contributed by atoms with Crippen molar-refractivity contribution in [3.05, 3.63) is 48.0 Å². The molecule has 0 fully saturated rings. The van der Waals surface area contributed by atoms with Gasteiger partial charge in [-0.15, -0.1) is 0 Å². The van der Waals surface area contributed by atoms with Crippen LogP contribution in [-0.4, -0.2) is 21.3 Å². The number of aromatic hydroxyl groups is 2. The quantitative estimate of drug-likeness (QED) is 0.628. The fraction of sp³-hybridized carbons (Fsp3) is 0.263. The summed E-state index contributed by atoms with van der Waals surface area (Å²) in [6.45, 7) is 3.64. The molecule has 0 spiro atoms. The number of hydrogen-bond donors (Lipinski definition) is 3. The van der Waals surface area contributed by atoms with Gasteiger partial charge in [0.15, 0.2) is 0 Å². The van der Waals surface area contributed by atoms with E-state index in [0.717, 1.165) is 47.1 Å². The lowest BCUT2D eigenvalue weighted by Gasteiger charge is -2.12. The minimum absolute atomic E-state index is 0.259. The maximum absolute atomic E-state index is 9.82. The first-order valence-electron chi connectivity index (χ1n) is 7.93. The van der Waals surface area contributed by atoms with E-state index in [-0.39, 0.29) is 11.5 Å². The average molecular weight is 310 g/mol. The van der Waals surface area contributed by atoms with Crippen molar-refractivity contribution in [2.45, 2.75) is 26.3 Å². The molecule has 0 aliphatic heterocycles. The third-order valence-electron chi connectivity index (χ3n) is 4.28. The zero-order valence-electron chi connectivity index (χ0n) is 13.3. The lowest BCUT2D eigenvalue weighted by molar-refractivity contribution is 0.475. The van der Waals surface area contributed by atoms with Crippen LogP contribution in [0.1, 0.15) is 18.4 Å². The normalized spacial score (nSPS) is 11.2. The van der Waals surface area contributed by atoms with Crippen molar-refractivity contribution in [3.8, 4) is 22.8 Å². The number of phenolic OH excluding ortho intramolecular Hbond substituents is 2. The maximum atomic E-state index is 9.82. The predicted octanol–water partition coefficient (Wildman–Crippen LogP) is 3.77. The van der Waals surface area contributed by atoms with E-state index >= 15 is 0 Å². The van der Waals surface area contributed by atoms with Crippen molar-refractivity contribution in [2.24, 2.45) is 5.73 Å². The van der Waals surface area contributed by atoms with Gasteiger partial charge in [-0.1, -0.05) is 0 Å². The number of aromatic nitrogens is 1. The molecule has 120 valence electrons. The third kappa shape index (κ3) is 2.90. The van der Waals surface area contributed by atoms with Crippen LogP contribution in [0.25, 0.3) is 22.2 Å². The Labute approximate surface area is 135 Å². The highest BCUT2D eigenvalue weighted by Crippen LogP contribution is 2.35. The summed E-state index contributed by atoms with van der Waals surface area (Å²) < 4.78 is 2.28. The Morgan fingerprint density at radius 3 is 2.35 bits per heavy atom. The molecule has 0 radical (unpaired) electrons. The summed E-state index contributed by atoms with van der Waals surface area (Å²) in [5.74, 6) is 0.534. The van der Waals surface area contributed by atoms with Gasteiger partial charge < -0.3 is 20.5 Å². The molecule has 1 aromatic heterocycles. The summed E-state index contributed by atoms with van der Waals surface area (Å²) in [7, 11) is 0. The molecule has 3 aromatic rings. The van der Waals surface area contributed by atoms with Crippen LogP contribution in [0.5, 0.6) is 11.5 Å². The van der Waals surface area contributed by atoms with Gasteiger partial charge in [0.25, 0.3) is 0 Å². The molecule has 0 saturated heterocycles. The monoisotopic (exact) mass is 310 g/mol. The molecule has 1 heterocycles. The Kier molecular flexibility index (Phi) is 4.26. The van der Waals surface area contributed by atoms with Crippen LogP contribution in [0.15, 0.2) is 42.5 Å². The third-order valence-corrected chi connectivity index (χ3v) is 4.28. The predicted molar refractivity (Wildman–Crippen MR) is 93.7 cm³/mol. The largest absolute Gasteiger partial charge is 0.508 e. The Bertz CT molecular complexity index is 819. The summed E-state index contributed by atoms with van der Waals surface area (Å²) in [5, 5.41) is 20.4. The number of nitrogens with zero attached hydrogens (tertiary/aromatic N) is 1. The highest BCUT2D eigenvalue weighted by molar-refractivity contribution is 5.92. The molecule has 0 amide bonds. The maximum Gasteiger partial charge on any atom is 0.116 e. The van der Waals surface area contributed by atoms with Gasteiger partial charge in [0, 0.05) is 17.4 Å².